The van der Waals surface area contributed by atoms with E-state index >= 15 is 0 Å². The molecule has 0 spiro atoms. The number of amides is 1. The second-order valence-corrected chi connectivity index (χ2v) is 6.38. The fourth-order valence-electron chi connectivity index (χ4n) is 2.56. The summed E-state index contributed by atoms with van der Waals surface area (Å²) in [7, 11) is 0. The lowest BCUT2D eigenvalue weighted by Gasteiger charge is -2.12. The molecular formula is C18H23N3O4. The van der Waals surface area contributed by atoms with Crippen molar-refractivity contribution in [3.05, 3.63) is 40.3 Å². The summed E-state index contributed by atoms with van der Waals surface area (Å²) in [6.07, 6.45) is 1.15. The highest BCUT2D eigenvalue weighted by Gasteiger charge is 2.16. The Morgan fingerprint density at radius 3 is 2.52 bits per heavy atom. The van der Waals surface area contributed by atoms with Crippen molar-refractivity contribution in [2.24, 2.45) is 5.92 Å². The summed E-state index contributed by atoms with van der Waals surface area (Å²) in [6, 6.07) is 6.93. The summed E-state index contributed by atoms with van der Waals surface area (Å²) in [6.45, 7) is 4.75. The average Bonchev–Trinajstić information content (AvgIpc) is 2.56. The number of hydrogen-bond acceptors (Lipinski definition) is 4. The Morgan fingerprint density at radius 2 is 1.88 bits per heavy atom. The normalized spacial score (nSPS) is 11.0. The summed E-state index contributed by atoms with van der Waals surface area (Å²) in [5.74, 6) is -0.984. The van der Waals surface area contributed by atoms with Crippen molar-refractivity contribution in [1.82, 2.24) is 15.1 Å². The molecule has 1 aromatic carbocycles. The van der Waals surface area contributed by atoms with Crippen LogP contribution < -0.4 is 10.9 Å². The molecule has 2 aromatic rings. The Morgan fingerprint density at radius 1 is 1.20 bits per heavy atom. The number of nitrogens with one attached hydrogen (secondary N) is 1. The van der Waals surface area contributed by atoms with E-state index < -0.39 is 5.97 Å². The lowest BCUT2D eigenvalue weighted by Crippen LogP contribution is -2.32. The van der Waals surface area contributed by atoms with Gasteiger partial charge in [0.05, 0.1) is 5.39 Å². The first kappa shape index (κ1) is 18.6. The minimum Gasteiger partial charge on any atom is -0.481 e. The van der Waals surface area contributed by atoms with Gasteiger partial charge in [-0.3, -0.25) is 14.4 Å². The summed E-state index contributed by atoms with van der Waals surface area (Å²) >= 11 is 0. The van der Waals surface area contributed by atoms with Gasteiger partial charge in [0.2, 0.25) is 0 Å². The fourth-order valence-corrected chi connectivity index (χ4v) is 2.56. The van der Waals surface area contributed by atoms with Crippen LogP contribution in [0.2, 0.25) is 0 Å². The first-order valence-electron chi connectivity index (χ1n) is 8.40. The number of rotatable bonds is 8. The van der Waals surface area contributed by atoms with Crippen molar-refractivity contribution in [3.8, 4) is 0 Å². The van der Waals surface area contributed by atoms with Crippen molar-refractivity contribution in [1.29, 1.82) is 0 Å². The van der Waals surface area contributed by atoms with Crippen LogP contribution in [0.4, 0.5) is 0 Å². The van der Waals surface area contributed by atoms with Gasteiger partial charge in [-0.2, -0.15) is 5.10 Å². The molecule has 7 heteroatoms. The van der Waals surface area contributed by atoms with Gasteiger partial charge in [0.25, 0.3) is 11.5 Å². The van der Waals surface area contributed by atoms with Crippen LogP contribution in [0.25, 0.3) is 10.8 Å². The maximum Gasteiger partial charge on any atom is 0.303 e. The predicted molar refractivity (Wildman–Crippen MR) is 94.7 cm³/mol. The van der Waals surface area contributed by atoms with E-state index in [1.807, 2.05) is 13.8 Å². The number of carbonyl (C=O) groups excluding carboxylic acids is 1. The number of fused-ring (bicyclic) bond motifs is 1. The minimum atomic E-state index is -0.847. The number of aromatic nitrogens is 2. The topological polar surface area (TPSA) is 101 Å². The van der Waals surface area contributed by atoms with Crippen LogP contribution in [0.15, 0.2) is 29.1 Å². The molecule has 0 aliphatic heterocycles. The molecule has 0 fully saturated rings. The molecule has 1 amide bonds. The fraction of sp³-hybridized carbons (Fsp3) is 0.444. The Hall–Kier alpha value is -2.70. The molecule has 0 saturated heterocycles. The number of carboxylic acids is 1. The summed E-state index contributed by atoms with van der Waals surface area (Å²) in [5, 5.41) is 16.6. The highest BCUT2D eigenvalue weighted by atomic mass is 16.4. The van der Waals surface area contributed by atoms with Crippen LogP contribution in [0.1, 0.15) is 43.6 Å². The third-order valence-electron chi connectivity index (χ3n) is 3.72. The summed E-state index contributed by atoms with van der Waals surface area (Å²) < 4.78 is 1.34. The molecule has 0 saturated carbocycles. The Balaban J connectivity index is 2.23. The van der Waals surface area contributed by atoms with Gasteiger partial charge in [-0.1, -0.05) is 32.0 Å². The number of benzene rings is 1. The molecule has 7 nitrogen and oxygen atoms in total. The van der Waals surface area contributed by atoms with Crippen molar-refractivity contribution in [2.75, 3.05) is 6.54 Å². The average molecular weight is 345 g/mol. The van der Waals surface area contributed by atoms with E-state index in [2.05, 4.69) is 10.4 Å². The first-order valence-corrected chi connectivity index (χ1v) is 8.40. The Bertz CT molecular complexity index is 827. The van der Waals surface area contributed by atoms with E-state index in [4.69, 9.17) is 5.11 Å². The molecule has 1 aromatic heterocycles. The molecular weight excluding hydrogens is 322 g/mol. The molecule has 0 bridgehead atoms. The van der Waals surface area contributed by atoms with Crippen LogP contribution in [-0.4, -0.2) is 33.3 Å². The molecule has 25 heavy (non-hydrogen) atoms. The molecule has 2 N–H and O–H groups in total. The molecule has 0 atom stereocenters. The minimum absolute atomic E-state index is 0.0797. The highest BCUT2D eigenvalue weighted by Crippen LogP contribution is 2.13. The highest BCUT2D eigenvalue weighted by molar-refractivity contribution is 6.04. The van der Waals surface area contributed by atoms with E-state index in [1.54, 1.807) is 24.3 Å². The molecule has 0 unspecified atom stereocenters. The number of carboxylic acid groups (broad SMARTS) is 1. The Kier molecular flexibility index (Phi) is 6.27. The van der Waals surface area contributed by atoms with Crippen molar-refractivity contribution in [2.45, 2.75) is 39.7 Å². The summed E-state index contributed by atoms with van der Waals surface area (Å²) in [5.41, 5.74) is 0.0105. The third-order valence-corrected chi connectivity index (χ3v) is 3.72. The predicted octanol–water partition coefficient (Wildman–Crippen LogP) is 2.04. The molecule has 134 valence electrons. The monoisotopic (exact) mass is 345 g/mol. The van der Waals surface area contributed by atoms with Crippen LogP contribution in [0.5, 0.6) is 0 Å². The zero-order valence-corrected chi connectivity index (χ0v) is 14.5. The zero-order chi connectivity index (χ0) is 18.4. The van der Waals surface area contributed by atoms with Gasteiger partial charge < -0.3 is 10.4 Å². The summed E-state index contributed by atoms with van der Waals surface area (Å²) in [4.78, 5) is 35.5. The van der Waals surface area contributed by atoms with Crippen molar-refractivity contribution < 1.29 is 14.7 Å². The molecule has 2 rings (SSSR count). The lowest BCUT2D eigenvalue weighted by atomic mass is 10.1. The molecule has 0 aliphatic carbocycles. The van der Waals surface area contributed by atoms with E-state index in [9.17, 15) is 14.4 Å². The van der Waals surface area contributed by atoms with E-state index in [0.29, 0.717) is 36.7 Å². The number of hydrogen-bond donors (Lipinski definition) is 2. The molecule has 0 aliphatic rings. The first-order chi connectivity index (χ1) is 11.9. The van der Waals surface area contributed by atoms with Gasteiger partial charge in [-0.05, 0) is 24.8 Å². The maximum absolute atomic E-state index is 12.5. The molecule has 0 radical (unpaired) electrons. The van der Waals surface area contributed by atoms with Crippen LogP contribution >= 0.6 is 0 Å². The van der Waals surface area contributed by atoms with Crippen LogP contribution in [0.3, 0.4) is 0 Å². The van der Waals surface area contributed by atoms with E-state index in [1.165, 1.54) is 4.68 Å². The SMILES string of the molecule is CC(C)Cn1nc(C(=O)NCCCCC(=O)O)c2ccccc2c1=O. The second-order valence-electron chi connectivity index (χ2n) is 6.38. The van der Waals surface area contributed by atoms with Crippen molar-refractivity contribution in [3.63, 3.8) is 0 Å². The molecule has 1 heterocycles. The van der Waals surface area contributed by atoms with E-state index in [-0.39, 0.29) is 29.5 Å². The smallest absolute Gasteiger partial charge is 0.303 e. The van der Waals surface area contributed by atoms with Gasteiger partial charge in [0.15, 0.2) is 5.69 Å². The Labute approximate surface area is 145 Å². The van der Waals surface area contributed by atoms with Crippen LogP contribution in [0, 0.1) is 5.92 Å². The largest absolute Gasteiger partial charge is 0.481 e. The maximum atomic E-state index is 12.5. The number of nitrogens with zero attached hydrogens (tertiary/aromatic N) is 2. The second kappa shape index (κ2) is 8.41. The lowest BCUT2D eigenvalue weighted by molar-refractivity contribution is -0.137. The van der Waals surface area contributed by atoms with Gasteiger partial charge in [0, 0.05) is 24.9 Å². The quantitative estimate of drug-likeness (QED) is 0.713. The van der Waals surface area contributed by atoms with Gasteiger partial charge in [0.1, 0.15) is 0 Å². The third kappa shape index (κ3) is 4.89. The van der Waals surface area contributed by atoms with Crippen molar-refractivity contribution >= 4 is 22.6 Å². The van der Waals surface area contributed by atoms with Gasteiger partial charge in [-0.15, -0.1) is 0 Å². The van der Waals surface area contributed by atoms with Crippen LogP contribution in [-0.2, 0) is 11.3 Å². The van der Waals surface area contributed by atoms with Gasteiger partial charge >= 0.3 is 5.97 Å². The van der Waals surface area contributed by atoms with Gasteiger partial charge in [-0.25, -0.2) is 4.68 Å². The van der Waals surface area contributed by atoms with E-state index in [0.717, 1.165) is 0 Å². The number of carbonyl (C=O) groups is 2. The number of unbranched alkanes of at least 4 members (excludes halogenated alkanes) is 1. The standard InChI is InChI=1S/C18H23N3O4/c1-12(2)11-21-18(25)14-8-4-3-7-13(14)16(20-21)17(24)19-10-6-5-9-15(22)23/h3-4,7-8,12H,5-6,9-11H2,1-2H3,(H,19,24)(H,22,23). The zero-order valence-electron chi connectivity index (χ0n) is 14.5. The number of aliphatic carboxylic acids is 1.